The number of nitrogens with one attached hydrogen (secondary N) is 1. The number of carbonyl (C=O) groups excluding carboxylic acids is 2. The highest BCUT2D eigenvalue weighted by Gasteiger charge is 2.32. The summed E-state index contributed by atoms with van der Waals surface area (Å²) in [5, 5.41) is 11.9. The molecule has 3 rings (SSSR count). The molecule has 0 spiro atoms. The van der Waals surface area contributed by atoms with Gasteiger partial charge in [0.05, 0.1) is 4.91 Å². The number of amides is 2. The largest absolute Gasteiger partial charge is 0.300 e. The molecule has 2 aromatic rings. The molecule has 1 aromatic heterocycles. The standard InChI is InChI=1S/C17H16N4O2S3/c1-2-14-19-20-16(26-14)18-13(22)8-9-21-15(23)12(25-17(21)24)10-11-6-4-3-5-7-11/h3-7,10H,2,8-9H2,1H3,(H,18,20,22). The molecule has 0 saturated carbocycles. The number of thioether (sulfide) groups is 1. The van der Waals surface area contributed by atoms with Gasteiger partial charge in [0.1, 0.15) is 9.33 Å². The van der Waals surface area contributed by atoms with Crippen molar-refractivity contribution in [3.05, 3.63) is 45.8 Å². The SMILES string of the molecule is CCc1nnc(NC(=O)CCN2C(=O)C(=Cc3ccccc3)SC2=S)s1. The van der Waals surface area contributed by atoms with Crippen LogP contribution in [0.3, 0.4) is 0 Å². The van der Waals surface area contributed by atoms with E-state index in [2.05, 4.69) is 15.5 Å². The van der Waals surface area contributed by atoms with Gasteiger partial charge in [0, 0.05) is 13.0 Å². The Bertz CT molecular complexity index is 864. The van der Waals surface area contributed by atoms with Crippen molar-refractivity contribution >= 4 is 62.7 Å². The van der Waals surface area contributed by atoms with Crippen molar-refractivity contribution in [3.8, 4) is 0 Å². The minimum absolute atomic E-state index is 0.145. The molecule has 0 bridgehead atoms. The third-order valence-corrected chi connectivity index (χ3v) is 5.91. The number of hydrogen-bond donors (Lipinski definition) is 1. The highest BCUT2D eigenvalue weighted by molar-refractivity contribution is 8.26. The molecule has 0 aliphatic carbocycles. The van der Waals surface area contributed by atoms with Crippen molar-refractivity contribution in [1.29, 1.82) is 0 Å². The number of carbonyl (C=O) groups is 2. The Hall–Kier alpha value is -2.10. The van der Waals surface area contributed by atoms with Crippen molar-refractivity contribution in [2.75, 3.05) is 11.9 Å². The predicted molar refractivity (Wildman–Crippen MR) is 109 cm³/mol. The second-order valence-electron chi connectivity index (χ2n) is 5.40. The first-order valence-electron chi connectivity index (χ1n) is 7.99. The molecular weight excluding hydrogens is 388 g/mol. The van der Waals surface area contributed by atoms with Gasteiger partial charge in [-0.3, -0.25) is 14.5 Å². The van der Waals surface area contributed by atoms with E-state index < -0.39 is 0 Å². The lowest BCUT2D eigenvalue weighted by Crippen LogP contribution is -2.31. The number of aromatic nitrogens is 2. The minimum atomic E-state index is -0.218. The number of rotatable bonds is 6. The van der Waals surface area contributed by atoms with Gasteiger partial charge in [0.15, 0.2) is 0 Å². The smallest absolute Gasteiger partial charge is 0.266 e. The Morgan fingerprint density at radius 1 is 1.31 bits per heavy atom. The lowest BCUT2D eigenvalue weighted by molar-refractivity contribution is -0.122. The van der Waals surface area contributed by atoms with E-state index in [1.807, 2.05) is 43.3 Å². The average molecular weight is 405 g/mol. The lowest BCUT2D eigenvalue weighted by Gasteiger charge is -2.13. The first kappa shape index (κ1) is 18.7. The summed E-state index contributed by atoms with van der Waals surface area (Å²) in [6, 6.07) is 9.59. The number of anilines is 1. The van der Waals surface area contributed by atoms with E-state index in [1.165, 1.54) is 28.0 Å². The van der Waals surface area contributed by atoms with E-state index in [4.69, 9.17) is 12.2 Å². The number of hydrogen-bond acceptors (Lipinski definition) is 7. The van der Waals surface area contributed by atoms with Gasteiger partial charge in [-0.2, -0.15) is 0 Å². The molecule has 2 amide bonds. The zero-order valence-electron chi connectivity index (χ0n) is 14.0. The van der Waals surface area contributed by atoms with Crippen LogP contribution in [0.15, 0.2) is 35.2 Å². The van der Waals surface area contributed by atoms with E-state index in [9.17, 15) is 9.59 Å². The van der Waals surface area contributed by atoms with Gasteiger partial charge in [0.25, 0.3) is 5.91 Å². The molecule has 0 unspecified atom stereocenters. The second-order valence-corrected chi connectivity index (χ2v) is 8.13. The summed E-state index contributed by atoms with van der Waals surface area (Å²) in [5.74, 6) is -0.384. The fourth-order valence-electron chi connectivity index (χ4n) is 2.24. The number of benzene rings is 1. The molecule has 1 fully saturated rings. The van der Waals surface area contributed by atoms with Crippen LogP contribution in [0.25, 0.3) is 6.08 Å². The van der Waals surface area contributed by atoms with Gasteiger partial charge < -0.3 is 5.32 Å². The molecule has 1 aromatic carbocycles. The zero-order valence-corrected chi connectivity index (χ0v) is 16.4. The van der Waals surface area contributed by atoms with Crippen LogP contribution in [0.1, 0.15) is 23.9 Å². The Morgan fingerprint density at radius 3 is 2.77 bits per heavy atom. The third-order valence-electron chi connectivity index (χ3n) is 3.55. The first-order chi connectivity index (χ1) is 12.6. The van der Waals surface area contributed by atoms with Gasteiger partial charge in [0.2, 0.25) is 11.0 Å². The molecular formula is C17H16N4O2S3. The maximum atomic E-state index is 12.5. The summed E-state index contributed by atoms with van der Waals surface area (Å²) in [5.41, 5.74) is 0.939. The Balaban J connectivity index is 1.57. The highest BCUT2D eigenvalue weighted by atomic mass is 32.2. The van der Waals surface area contributed by atoms with Crippen molar-refractivity contribution in [2.24, 2.45) is 0 Å². The quantitative estimate of drug-likeness (QED) is 0.588. The van der Waals surface area contributed by atoms with Crippen LogP contribution in [0.5, 0.6) is 0 Å². The van der Waals surface area contributed by atoms with Gasteiger partial charge in [-0.05, 0) is 18.1 Å². The lowest BCUT2D eigenvalue weighted by atomic mass is 10.2. The number of aryl methyl sites for hydroxylation is 1. The molecule has 1 saturated heterocycles. The van der Waals surface area contributed by atoms with Crippen LogP contribution in [-0.4, -0.2) is 37.8 Å². The molecule has 0 atom stereocenters. The summed E-state index contributed by atoms with van der Waals surface area (Å²) in [4.78, 5) is 26.6. The van der Waals surface area contributed by atoms with Gasteiger partial charge in [-0.1, -0.05) is 72.6 Å². The highest BCUT2D eigenvalue weighted by Crippen LogP contribution is 2.32. The molecule has 26 heavy (non-hydrogen) atoms. The molecule has 1 aliphatic heterocycles. The molecule has 6 nitrogen and oxygen atoms in total. The molecule has 9 heteroatoms. The van der Waals surface area contributed by atoms with E-state index in [0.717, 1.165) is 17.0 Å². The normalized spacial score (nSPS) is 15.7. The molecule has 1 aliphatic rings. The van der Waals surface area contributed by atoms with Crippen LogP contribution in [-0.2, 0) is 16.0 Å². The van der Waals surface area contributed by atoms with E-state index in [-0.39, 0.29) is 24.8 Å². The predicted octanol–water partition coefficient (Wildman–Crippen LogP) is 3.33. The van der Waals surface area contributed by atoms with Crippen molar-refractivity contribution in [1.82, 2.24) is 15.1 Å². The fourth-order valence-corrected chi connectivity index (χ4v) is 4.24. The molecule has 1 N–H and O–H groups in total. The van der Waals surface area contributed by atoms with E-state index in [1.54, 1.807) is 0 Å². The Kier molecular flexibility index (Phi) is 6.12. The average Bonchev–Trinajstić information content (AvgIpc) is 3.19. The summed E-state index contributed by atoms with van der Waals surface area (Å²) in [7, 11) is 0. The van der Waals surface area contributed by atoms with Crippen molar-refractivity contribution < 1.29 is 9.59 Å². The minimum Gasteiger partial charge on any atom is -0.300 e. The maximum Gasteiger partial charge on any atom is 0.266 e. The monoisotopic (exact) mass is 404 g/mol. The van der Waals surface area contributed by atoms with E-state index in [0.29, 0.717) is 14.4 Å². The number of nitrogens with zero attached hydrogens (tertiary/aromatic N) is 3. The first-order valence-corrected chi connectivity index (χ1v) is 10.0. The van der Waals surface area contributed by atoms with Crippen molar-refractivity contribution in [2.45, 2.75) is 19.8 Å². The van der Waals surface area contributed by atoms with E-state index >= 15 is 0 Å². The second kappa shape index (κ2) is 8.52. The fraction of sp³-hybridized carbons (Fsp3) is 0.235. The van der Waals surface area contributed by atoms with Crippen LogP contribution in [0.2, 0.25) is 0 Å². The topological polar surface area (TPSA) is 75.2 Å². The Morgan fingerprint density at radius 2 is 2.08 bits per heavy atom. The third kappa shape index (κ3) is 4.54. The van der Waals surface area contributed by atoms with Crippen LogP contribution in [0, 0.1) is 0 Å². The summed E-state index contributed by atoms with van der Waals surface area (Å²) < 4.78 is 0.467. The van der Waals surface area contributed by atoms with Crippen molar-refractivity contribution in [3.63, 3.8) is 0 Å². The van der Waals surface area contributed by atoms with Crippen LogP contribution >= 0.6 is 35.3 Å². The summed E-state index contributed by atoms with van der Waals surface area (Å²) in [6.07, 6.45) is 2.73. The van der Waals surface area contributed by atoms with Gasteiger partial charge >= 0.3 is 0 Å². The van der Waals surface area contributed by atoms with Crippen LogP contribution < -0.4 is 5.32 Å². The molecule has 0 radical (unpaired) electrons. The molecule has 134 valence electrons. The summed E-state index contributed by atoms with van der Waals surface area (Å²) >= 11 is 7.89. The Labute approximate surface area is 164 Å². The maximum absolute atomic E-state index is 12.5. The summed E-state index contributed by atoms with van der Waals surface area (Å²) in [6.45, 7) is 2.21. The van der Waals surface area contributed by atoms with Gasteiger partial charge in [-0.15, -0.1) is 10.2 Å². The number of thiocarbonyl (C=S) groups is 1. The van der Waals surface area contributed by atoms with Crippen LogP contribution in [0.4, 0.5) is 5.13 Å². The molecule has 2 heterocycles. The van der Waals surface area contributed by atoms with Gasteiger partial charge in [-0.25, -0.2) is 0 Å². The zero-order chi connectivity index (χ0) is 18.5.